The molecule has 3 rings (SSSR count). The Morgan fingerprint density at radius 3 is 2.77 bits per heavy atom. The Morgan fingerprint density at radius 2 is 1.95 bits per heavy atom. The Bertz CT molecular complexity index is 848. The van der Waals surface area contributed by atoms with Crippen LogP contribution in [-0.2, 0) is 0 Å². The second-order valence-electron chi connectivity index (χ2n) is 4.44. The van der Waals surface area contributed by atoms with Crippen LogP contribution in [0.4, 0.5) is 5.69 Å². The van der Waals surface area contributed by atoms with Gasteiger partial charge in [0.05, 0.1) is 5.69 Å². The smallest absolute Gasteiger partial charge is 0.309 e. The van der Waals surface area contributed by atoms with Crippen LogP contribution in [0.25, 0.3) is 10.8 Å². The second-order valence-corrected chi connectivity index (χ2v) is 4.44. The molecule has 5 nitrogen and oxygen atoms in total. The van der Waals surface area contributed by atoms with Gasteiger partial charge in [-0.1, -0.05) is 30.3 Å². The van der Waals surface area contributed by atoms with E-state index < -0.39 is 0 Å². The number of pyridine rings is 1. The molecule has 0 saturated carbocycles. The molecule has 0 bridgehead atoms. The predicted octanol–water partition coefficient (Wildman–Crippen LogP) is 3.37. The minimum absolute atomic E-state index is 0.123. The number of nitriles is 1. The van der Waals surface area contributed by atoms with Gasteiger partial charge in [-0.25, -0.2) is 5.32 Å². The van der Waals surface area contributed by atoms with E-state index in [1.165, 1.54) is 0 Å². The predicted molar refractivity (Wildman–Crippen MR) is 84.7 cm³/mol. The lowest BCUT2D eigenvalue weighted by Gasteiger charge is -2.07. The molecule has 1 aromatic heterocycles. The third-order valence-corrected chi connectivity index (χ3v) is 3.00. The number of amidine groups is 1. The Hall–Kier alpha value is -3.39. The quantitative estimate of drug-likeness (QED) is 0.340. The van der Waals surface area contributed by atoms with Crippen LogP contribution in [0.5, 0.6) is 5.75 Å². The highest BCUT2D eigenvalue weighted by molar-refractivity contribution is 5.94. The van der Waals surface area contributed by atoms with Crippen molar-refractivity contribution >= 4 is 22.5 Å². The van der Waals surface area contributed by atoms with Gasteiger partial charge in [-0.3, -0.25) is 4.98 Å². The summed E-state index contributed by atoms with van der Waals surface area (Å²) in [6.45, 7) is 0. The number of ether oxygens (including phenoxy) is 1. The summed E-state index contributed by atoms with van der Waals surface area (Å²) in [5, 5.41) is 13.2. The molecule has 0 spiro atoms. The fourth-order valence-electron chi connectivity index (χ4n) is 2.04. The summed E-state index contributed by atoms with van der Waals surface area (Å²) in [6, 6.07) is 16.9. The number of fused-ring (bicyclic) bond motifs is 1. The third kappa shape index (κ3) is 3.02. The molecule has 22 heavy (non-hydrogen) atoms. The minimum Gasteiger partial charge on any atom is -0.425 e. The lowest BCUT2D eigenvalue weighted by atomic mass is 10.1. The van der Waals surface area contributed by atoms with Gasteiger partial charge in [-0.15, -0.1) is 0 Å². The van der Waals surface area contributed by atoms with Crippen molar-refractivity contribution in [3.05, 3.63) is 67.0 Å². The lowest BCUT2D eigenvalue weighted by molar-refractivity contribution is 0.531. The number of rotatable bonds is 2. The van der Waals surface area contributed by atoms with Crippen LogP contribution >= 0.6 is 0 Å². The maximum absolute atomic E-state index is 8.87. The van der Waals surface area contributed by atoms with Crippen molar-refractivity contribution < 1.29 is 4.74 Å². The Kier molecular flexibility index (Phi) is 3.94. The van der Waals surface area contributed by atoms with Gasteiger partial charge < -0.3 is 4.74 Å². The molecule has 0 fully saturated rings. The van der Waals surface area contributed by atoms with Gasteiger partial charge >= 0.3 is 6.02 Å². The van der Waals surface area contributed by atoms with Gasteiger partial charge in [0.2, 0.25) is 0 Å². The largest absolute Gasteiger partial charge is 0.425 e. The van der Waals surface area contributed by atoms with E-state index in [1.807, 2.05) is 48.7 Å². The monoisotopic (exact) mass is 288 g/mol. The standard InChI is InChI=1S/C17H12N4O/c18-12-20-17(22-14-6-2-1-3-7-14)21-16-8-4-5-13-11-19-10-9-15(13)16/h1-11H,(H,20,21). The molecule has 1 N–H and O–H groups in total. The molecule has 106 valence electrons. The first-order valence-corrected chi connectivity index (χ1v) is 6.66. The Labute approximate surface area is 127 Å². The fraction of sp³-hybridized carbons (Fsp3) is 0. The maximum Gasteiger partial charge on any atom is 0.309 e. The molecule has 0 radical (unpaired) electrons. The molecule has 3 aromatic rings. The van der Waals surface area contributed by atoms with Gasteiger partial charge in [0.25, 0.3) is 0 Å². The van der Waals surface area contributed by atoms with Crippen LogP contribution in [0.1, 0.15) is 0 Å². The average molecular weight is 288 g/mol. The SMILES string of the molecule is N#CNC(=Nc1cccc2cnccc12)Oc1ccccc1. The van der Waals surface area contributed by atoms with E-state index >= 15 is 0 Å². The number of nitrogens with one attached hydrogen (secondary N) is 1. The molecule has 0 amide bonds. The van der Waals surface area contributed by atoms with Gasteiger partial charge in [0, 0.05) is 23.2 Å². The molecular weight excluding hydrogens is 276 g/mol. The second kappa shape index (κ2) is 6.37. The van der Waals surface area contributed by atoms with Crippen LogP contribution in [-0.4, -0.2) is 11.0 Å². The molecule has 0 saturated heterocycles. The lowest BCUT2D eigenvalue weighted by Crippen LogP contribution is -2.24. The number of hydrogen-bond donors (Lipinski definition) is 1. The Morgan fingerprint density at radius 1 is 1.09 bits per heavy atom. The number of hydrogen-bond acceptors (Lipinski definition) is 4. The first kappa shape index (κ1) is 13.6. The molecule has 5 heteroatoms. The molecule has 0 aliphatic rings. The zero-order valence-electron chi connectivity index (χ0n) is 11.6. The highest BCUT2D eigenvalue weighted by Gasteiger charge is 2.05. The fourth-order valence-corrected chi connectivity index (χ4v) is 2.04. The summed E-state index contributed by atoms with van der Waals surface area (Å²) in [6.07, 6.45) is 5.31. The van der Waals surface area contributed by atoms with Gasteiger partial charge in [-0.2, -0.15) is 10.3 Å². The van der Waals surface area contributed by atoms with Crippen LogP contribution in [0, 0.1) is 11.5 Å². The minimum atomic E-state index is 0.123. The van der Waals surface area contributed by atoms with E-state index in [9.17, 15) is 0 Å². The van der Waals surface area contributed by atoms with Gasteiger partial charge in [0.15, 0.2) is 6.19 Å². The van der Waals surface area contributed by atoms with Crippen molar-refractivity contribution in [3.63, 3.8) is 0 Å². The molecule has 1 heterocycles. The van der Waals surface area contributed by atoms with Crippen molar-refractivity contribution in [2.24, 2.45) is 4.99 Å². The Balaban J connectivity index is 2.00. The summed E-state index contributed by atoms with van der Waals surface area (Å²) < 4.78 is 5.61. The first-order valence-electron chi connectivity index (χ1n) is 6.66. The molecule has 0 aliphatic heterocycles. The number of aliphatic imine (C=N–C) groups is 1. The van der Waals surface area contributed by atoms with Crippen LogP contribution in [0.15, 0.2) is 72.0 Å². The van der Waals surface area contributed by atoms with Crippen molar-refractivity contribution in [1.82, 2.24) is 10.3 Å². The van der Waals surface area contributed by atoms with E-state index in [4.69, 9.17) is 10.00 Å². The summed E-state index contributed by atoms with van der Waals surface area (Å²) in [5.74, 6) is 0.603. The zero-order valence-corrected chi connectivity index (χ0v) is 11.6. The summed E-state index contributed by atoms with van der Waals surface area (Å²) >= 11 is 0. The van der Waals surface area contributed by atoms with E-state index in [0.29, 0.717) is 11.4 Å². The number of nitrogens with zero attached hydrogens (tertiary/aromatic N) is 3. The normalized spacial score (nSPS) is 11.0. The van der Waals surface area contributed by atoms with Crippen LogP contribution in [0.2, 0.25) is 0 Å². The van der Waals surface area contributed by atoms with Crippen LogP contribution < -0.4 is 10.1 Å². The molecule has 2 aromatic carbocycles. The summed E-state index contributed by atoms with van der Waals surface area (Å²) in [5.41, 5.74) is 0.702. The summed E-state index contributed by atoms with van der Waals surface area (Å²) in [4.78, 5) is 8.49. The van der Waals surface area contributed by atoms with Gasteiger partial charge in [-0.05, 0) is 24.3 Å². The highest BCUT2D eigenvalue weighted by Crippen LogP contribution is 2.25. The van der Waals surface area contributed by atoms with E-state index in [-0.39, 0.29) is 6.02 Å². The highest BCUT2D eigenvalue weighted by atomic mass is 16.5. The van der Waals surface area contributed by atoms with E-state index in [1.54, 1.807) is 24.5 Å². The topological polar surface area (TPSA) is 70.3 Å². The van der Waals surface area contributed by atoms with Gasteiger partial charge in [0.1, 0.15) is 5.75 Å². The average Bonchev–Trinajstić information content (AvgIpc) is 2.56. The molecule has 0 atom stereocenters. The van der Waals surface area contributed by atoms with Crippen LogP contribution in [0.3, 0.4) is 0 Å². The molecule has 0 unspecified atom stereocenters. The third-order valence-electron chi connectivity index (χ3n) is 3.00. The maximum atomic E-state index is 8.87. The molecular formula is C17H12N4O. The van der Waals surface area contributed by atoms with Crippen molar-refractivity contribution in [1.29, 1.82) is 5.26 Å². The molecule has 0 aliphatic carbocycles. The van der Waals surface area contributed by atoms with E-state index in [2.05, 4.69) is 15.3 Å². The van der Waals surface area contributed by atoms with E-state index in [0.717, 1.165) is 10.8 Å². The number of aromatic nitrogens is 1. The number of benzene rings is 2. The first-order chi connectivity index (χ1) is 10.9. The number of para-hydroxylation sites is 1. The zero-order chi connectivity index (χ0) is 15.2. The summed E-state index contributed by atoms with van der Waals surface area (Å²) in [7, 11) is 0. The van der Waals surface area contributed by atoms with Crippen molar-refractivity contribution in [2.75, 3.05) is 0 Å². The van der Waals surface area contributed by atoms with Crippen molar-refractivity contribution in [3.8, 4) is 11.9 Å². The van der Waals surface area contributed by atoms with Crippen molar-refractivity contribution in [2.45, 2.75) is 0 Å².